The zero-order valence-corrected chi connectivity index (χ0v) is 17.7. The molecule has 0 fully saturated rings. The molecule has 1 spiro atoms. The normalized spacial score (nSPS) is 25.8. The average Bonchev–Trinajstić information content (AvgIpc) is 3.22. The predicted octanol–water partition coefficient (Wildman–Crippen LogP) is 4.63. The van der Waals surface area contributed by atoms with Crippen molar-refractivity contribution in [2.45, 2.75) is 44.2 Å². The Morgan fingerprint density at radius 3 is 2.65 bits per heavy atom. The summed E-state index contributed by atoms with van der Waals surface area (Å²) in [4.78, 5) is 28.4. The maximum absolute atomic E-state index is 14.1. The van der Waals surface area contributed by atoms with E-state index < -0.39 is 35.0 Å². The molecule has 156 valence electrons. The van der Waals surface area contributed by atoms with Crippen molar-refractivity contribution in [1.82, 2.24) is 0 Å². The highest BCUT2D eigenvalue weighted by molar-refractivity contribution is 6.23. The third-order valence-electron chi connectivity index (χ3n) is 6.31. The molecule has 1 aliphatic carbocycles. The molecule has 3 atom stereocenters. The van der Waals surface area contributed by atoms with E-state index >= 15 is 0 Å². The van der Waals surface area contributed by atoms with Crippen LogP contribution in [0.1, 0.15) is 38.3 Å². The number of ether oxygens (including phenoxy) is 1. The zero-order valence-electron chi connectivity index (χ0n) is 17.7. The Balaban J connectivity index is 1.71. The van der Waals surface area contributed by atoms with Gasteiger partial charge in [-0.05, 0) is 50.5 Å². The largest absolute Gasteiger partial charge is 0.443 e. The number of amides is 2. The van der Waals surface area contributed by atoms with Gasteiger partial charge in [-0.25, -0.2) is 9.69 Å². The first-order valence-corrected chi connectivity index (χ1v) is 10.4. The number of carbonyl (C=O) groups is 2. The van der Waals surface area contributed by atoms with E-state index in [1.54, 1.807) is 32.9 Å². The highest BCUT2D eigenvalue weighted by atomic mass is 16.6. The number of allylic oxidation sites excluding steroid dienone is 1. The number of nitriles is 1. The lowest BCUT2D eigenvalue weighted by Crippen LogP contribution is -2.57. The molecule has 6 nitrogen and oxygen atoms in total. The summed E-state index contributed by atoms with van der Waals surface area (Å²) in [6.45, 7) is 5.30. The first-order chi connectivity index (χ1) is 14.8. The molecule has 3 aliphatic rings. The van der Waals surface area contributed by atoms with Gasteiger partial charge in [0.05, 0.1) is 23.7 Å². The van der Waals surface area contributed by atoms with Gasteiger partial charge in [-0.3, -0.25) is 4.79 Å². The fourth-order valence-electron chi connectivity index (χ4n) is 5.16. The lowest BCUT2D eigenvalue weighted by Gasteiger charge is -2.41. The van der Waals surface area contributed by atoms with Crippen molar-refractivity contribution in [2.75, 3.05) is 10.2 Å². The third kappa shape index (κ3) is 2.56. The van der Waals surface area contributed by atoms with Crippen LogP contribution in [0.3, 0.4) is 0 Å². The third-order valence-corrected chi connectivity index (χ3v) is 6.31. The standard InChI is InChI=1S/C25H23N3O3/c1-24(2,3)31-23(30)28-20-11-7-5-9-18(20)25(22(28)29)15(14-26)12-13-17-16-8-4-6-10-19(16)27-21(17)25/h4-11,13,15,21,27H,12H2,1-3H3. The van der Waals surface area contributed by atoms with E-state index in [0.717, 1.165) is 21.7 Å². The Kier molecular flexibility index (Phi) is 4.03. The van der Waals surface area contributed by atoms with Crippen LogP contribution in [-0.4, -0.2) is 23.6 Å². The van der Waals surface area contributed by atoms with Gasteiger partial charge in [0.2, 0.25) is 0 Å². The molecule has 1 N–H and O–H groups in total. The predicted molar refractivity (Wildman–Crippen MR) is 117 cm³/mol. The maximum atomic E-state index is 14.1. The van der Waals surface area contributed by atoms with Crippen molar-refractivity contribution in [3.8, 4) is 6.07 Å². The first kappa shape index (κ1) is 19.4. The summed E-state index contributed by atoms with van der Waals surface area (Å²) < 4.78 is 5.57. The minimum absolute atomic E-state index is 0.412. The summed E-state index contributed by atoms with van der Waals surface area (Å²) in [6.07, 6.45) is 1.76. The fraction of sp³-hybridized carbons (Fsp3) is 0.320. The smallest absolute Gasteiger partial charge is 0.421 e. The van der Waals surface area contributed by atoms with Crippen molar-refractivity contribution in [3.05, 3.63) is 65.7 Å². The molecule has 2 heterocycles. The van der Waals surface area contributed by atoms with Crippen LogP contribution in [0.2, 0.25) is 0 Å². The summed E-state index contributed by atoms with van der Waals surface area (Å²) in [7, 11) is 0. The second-order valence-corrected chi connectivity index (χ2v) is 9.21. The molecule has 0 aromatic heterocycles. The molecule has 0 bridgehead atoms. The van der Waals surface area contributed by atoms with Crippen LogP contribution < -0.4 is 10.2 Å². The number of benzene rings is 2. The molecule has 5 rings (SSSR count). The van der Waals surface area contributed by atoms with Crippen molar-refractivity contribution < 1.29 is 14.3 Å². The molecule has 3 unspecified atom stereocenters. The van der Waals surface area contributed by atoms with E-state index in [1.807, 2.05) is 36.4 Å². The van der Waals surface area contributed by atoms with Crippen LogP contribution >= 0.6 is 0 Å². The molecule has 2 amide bonds. The van der Waals surface area contributed by atoms with E-state index in [4.69, 9.17) is 4.74 Å². The molecule has 2 aliphatic heterocycles. The molecular formula is C25H23N3O3. The van der Waals surface area contributed by atoms with Gasteiger partial charge in [0.25, 0.3) is 5.91 Å². The zero-order chi connectivity index (χ0) is 22.0. The number of para-hydroxylation sites is 2. The minimum atomic E-state index is -1.22. The van der Waals surface area contributed by atoms with Crippen LogP contribution in [-0.2, 0) is 14.9 Å². The van der Waals surface area contributed by atoms with Crippen LogP contribution in [0, 0.1) is 17.2 Å². The van der Waals surface area contributed by atoms with Gasteiger partial charge in [0.15, 0.2) is 0 Å². The second-order valence-electron chi connectivity index (χ2n) is 9.21. The number of nitrogens with one attached hydrogen (secondary N) is 1. The van der Waals surface area contributed by atoms with Crippen molar-refractivity contribution in [1.29, 1.82) is 5.26 Å². The van der Waals surface area contributed by atoms with Gasteiger partial charge in [-0.15, -0.1) is 0 Å². The molecule has 2 aromatic rings. The van der Waals surface area contributed by atoms with Crippen molar-refractivity contribution >= 4 is 28.9 Å². The van der Waals surface area contributed by atoms with Gasteiger partial charge in [0.1, 0.15) is 11.0 Å². The van der Waals surface area contributed by atoms with E-state index in [0.29, 0.717) is 17.7 Å². The molecule has 0 saturated carbocycles. The molecule has 6 heteroatoms. The molecular weight excluding hydrogens is 390 g/mol. The summed E-state index contributed by atoms with van der Waals surface area (Å²) >= 11 is 0. The summed E-state index contributed by atoms with van der Waals surface area (Å²) in [5.74, 6) is -1.03. The van der Waals surface area contributed by atoms with E-state index in [2.05, 4.69) is 17.5 Å². The number of hydrogen-bond donors (Lipinski definition) is 1. The second kappa shape index (κ2) is 6.45. The van der Waals surface area contributed by atoms with Gasteiger partial charge >= 0.3 is 6.09 Å². The highest BCUT2D eigenvalue weighted by Gasteiger charge is 2.65. The number of hydrogen-bond acceptors (Lipinski definition) is 5. The van der Waals surface area contributed by atoms with E-state index in [1.165, 1.54) is 0 Å². The monoisotopic (exact) mass is 413 g/mol. The number of imide groups is 1. The van der Waals surface area contributed by atoms with Gasteiger partial charge in [-0.2, -0.15) is 5.26 Å². The van der Waals surface area contributed by atoms with Crippen LogP contribution in [0.25, 0.3) is 5.57 Å². The number of fused-ring (bicyclic) bond motifs is 6. The lowest BCUT2D eigenvalue weighted by molar-refractivity contribution is -0.124. The molecule has 31 heavy (non-hydrogen) atoms. The molecule has 0 saturated heterocycles. The number of nitrogens with zero attached hydrogens (tertiary/aromatic N) is 2. The highest BCUT2D eigenvalue weighted by Crippen LogP contribution is 2.57. The van der Waals surface area contributed by atoms with Gasteiger partial charge in [0, 0.05) is 11.3 Å². The van der Waals surface area contributed by atoms with Crippen LogP contribution in [0.15, 0.2) is 54.6 Å². The van der Waals surface area contributed by atoms with E-state index in [-0.39, 0.29) is 0 Å². The fourth-order valence-corrected chi connectivity index (χ4v) is 5.16. The van der Waals surface area contributed by atoms with Crippen molar-refractivity contribution in [2.24, 2.45) is 5.92 Å². The Hall–Kier alpha value is -3.59. The lowest BCUT2D eigenvalue weighted by atomic mass is 9.60. The Labute approximate surface area is 181 Å². The van der Waals surface area contributed by atoms with Crippen molar-refractivity contribution in [3.63, 3.8) is 0 Å². The number of rotatable bonds is 0. The topological polar surface area (TPSA) is 82.4 Å². The number of carbonyl (C=O) groups excluding carboxylic acids is 2. The van der Waals surface area contributed by atoms with Gasteiger partial charge in [-0.1, -0.05) is 42.5 Å². The van der Waals surface area contributed by atoms with Crippen LogP contribution in [0.5, 0.6) is 0 Å². The quantitative estimate of drug-likeness (QED) is 0.681. The minimum Gasteiger partial charge on any atom is -0.443 e. The Bertz CT molecular complexity index is 1190. The van der Waals surface area contributed by atoms with Gasteiger partial charge < -0.3 is 10.1 Å². The average molecular weight is 413 g/mol. The first-order valence-electron chi connectivity index (χ1n) is 10.4. The molecule has 0 radical (unpaired) electrons. The molecule has 2 aromatic carbocycles. The Morgan fingerprint density at radius 2 is 1.90 bits per heavy atom. The number of anilines is 2. The summed E-state index contributed by atoms with van der Waals surface area (Å²) in [5, 5.41) is 13.6. The summed E-state index contributed by atoms with van der Waals surface area (Å²) in [5.41, 5.74) is 2.16. The van der Waals surface area contributed by atoms with E-state index in [9.17, 15) is 14.9 Å². The van der Waals surface area contributed by atoms with Crippen LogP contribution in [0.4, 0.5) is 16.2 Å². The maximum Gasteiger partial charge on any atom is 0.421 e. The Morgan fingerprint density at radius 1 is 1.19 bits per heavy atom. The summed E-state index contributed by atoms with van der Waals surface area (Å²) in [6, 6.07) is 17.1. The SMILES string of the molecule is CC(C)(C)OC(=O)N1C(=O)C2(c3ccccc31)C(C#N)CC=C1c3ccccc3NC12.